The molecule has 0 aliphatic heterocycles. The summed E-state index contributed by atoms with van der Waals surface area (Å²) in [4.78, 5) is 11.9. The van der Waals surface area contributed by atoms with Gasteiger partial charge in [0.2, 0.25) is 0 Å². The summed E-state index contributed by atoms with van der Waals surface area (Å²) in [5, 5.41) is 2.89. The smallest absolute Gasteiger partial charge is 0.260 e. The minimum Gasteiger partial charge on any atom is -0.497 e. The van der Waals surface area contributed by atoms with Crippen molar-refractivity contribution in [1.29, 1.82) is 0 Å². The van der Waals surface area contributed by atoms with Crippen LogP contribution in [0.3, 0.4) is 0 Å². The van der Waals surface area contributed by atoms with Gasteiger partial charge in [0.1, 0.15) is 11.5 Å². The summed E-state index contributed by atoms with van der Waals surface area (Å²) < 4.78 is 11.0. The van der Waals surface area contributed by atoms with Crippen LogP contribution in [0.1, 0.15) is 27.7 Å². The van der Waals surface area contributed by atoms with Crippen molar-refractivity contribution < 1.29 is 14.3 Å². The van der Waals surface area contributed by atoms with Gasteiger partial charge < -0.3 is 14.8 Å². The molecule has 0 bridgehead atoms. The Morgan fingerprint density at radius 1 is 1.33 bits per heavy atom. The standard InChI is InChI=1S/C16H25NO3S/c1-12(15(18)17-9-10-21-16(2,3)4)20-14-8-6-7-13(11-14)19-5/h6-8,11-12H,9-10H2,1-5H3,(H,17,18)/t12-/m1/s1. The van der Waals surface area contributed by atoms with Gasteiger partial charge in [-0.1, -0.05) is 26.8 Å². The van der Waals surface area contributed by atoms with Crippen molar-refractivity contribution in [3.8, 4) is 11.5 Å². The van der Waals surface area contributed by atoms with Crippen LogP contribution in [0.5, 0.6) is 11.5 Å². The number of rotatable bonds is 7. The molecular formula is C16H25NO3S. The Morgan fingerprint density at radius 2 is 2.00 bits per heavy atom. The molecule has 0 aromatic heterocycles. The van der Waals surface area contributed by atoms with Gasteiger partial charge in [0, 0.05) is 23.1 Å². The monoisotopic (exact) mass is 311 g/mol. The summed E-state index contributed by atoms with van der Waals surface area (Å²) in [7, 11) is 1.60. The number of methoxy groups -OCH3 is 1. The maximum absolute atomic E-state index is 11.9. The van der Waals surface area contributed by atoms with Crippen LogP contribution in [0.2, 0.25) is 0 Å². The van der Waals surface area contributed by atoms with Crippen molar-refractivity contribution in [3.63, 3.8) is 0 Å². The van der Waals surface area contributed by atoms with E-state index in [2.05, 4.69) is 26.1 Å². The van der Waals surface area contributed by atoms with E-state index >= 15 is 0 Å². The van der Waals surface area contributed by atoms with Gasteiger partial charge in [-0.3, -0.25) is 4.79 Å². The van der Waals surface area contributed by atoms with Gasteiger partial charge in [0.05, 0.1) is 7.11 Å². The van der Waals surface area contributed by atoms with Crippen LogP contribution in [0, 0.1) is 0 Å². The Balaban J connectivity index is 2.37. The fourth-order valence-electron chi connectivity index (χ4n) is 1.61. The van der Waals surface area contributed by atoms with Crippen LogP contribution >= 0.6 is 11.8 Å². The Morgan fingerprint density at radius 3 is 2.62 bits per heavy atom. The molecule has 1 amide bonds. The number of amides is 1. The number of carbonyl (C=O) groups is 1. The van der Waals surface area contributed by atoms with E-state index in [1.54, 1.807) is 20.1 Å². The van der Waals surface area contributed by atoms with Gasteiger partial charge in [-0.25, -0.2) is 0 Å². The summed E-state index contributed by atoms with van der Waals surface area (Å²) in [6.45, 7) is 8.87. The molecule has 0 saturated heterocycles. The molecule has 0 aliphatic carbocycles. The highest BCUT2D eigenvalue weighted by atomic mass is 32.2. The largest absolute Gasteiger partial charge is 0.497 e. The number of hydrogen-bond donors (Lipinski definition) is 1. The van der Waals surface area contributed by atoms with Gasteiger partial charge >= 0.3 is 0 Å². The first-order valence-corrected chi connectivity index (χ1v) is 8.03. The van der Waals surface area contributed by atoms with Crippen LogP contribution in [-0.2, 0) is 4.79 Å². The molecule has 118 valence electrons. The average Bonchev–Trinajstić information content (AvgIpc) is 2.42. The van der Waals surface area contributed by atoms with E-state index in [0.717, 1.165) is 5.75 Å². The van der Waals surface area contributed by atoms with Gasteiger partial charge in [-0.2, -0.15) is 11.8 Å². The zero-order valence-electron chi connectivity index (χ0n) is 13.4. The normalized spacial score (nSPS) is 12.6. The number of benzene rings is 1. The van der Waals surface area contributed by atoms with E-state index in [-0.39, 0.29) is 10.7 Å². The van der Waals surface area contributed by atoms with E-state index in [1.165, 1.54) is 0 Å². The quantitative estimate of drug-likeness (QED) is 0.786. The lowest BCUT2D eigenvalue weighted by atomic mass is 10.3. The molecule has 1 atom stereocenters. The molecule has 4 nitrogen and oxygen atoms in total. The summed E-state index contributed by atoms with van der Waals surface area (Å²) >= 11 is 1.82. The first-order chi connectivity index (χ1) is 9.81. The maximum atomic E-state index is 11.9. The van der Waals surface area contributed by atoms with Crippen molar-refractivity contribution >= 4 is 17.7 Å². The molecule has 0 spiro atoms. The lowest BCUT2D eigenvalue weighted by Gasteiger charge is -2.18. The Labute approximate surface area is 131 Å². The highest BCUT2D eigenvalue weighted by Gasteiger charge is 2.15. The van der Waals surface area contributed by atoms with Crippen LogP contribution in [-0.4, -0.2) is 36.2 Å². The van der Waals surface area contributed by atoms with Crippen molar-refractivity contribution in [2.24, 2.45) is 0 Å². The SMILES string of the molecule is COc1cccc(O[C@H](C)C(=O)NCCSC(C)(C)C)c1. The molecule has 1 N–H and O–H groups in total. The lowest BCUT2D eigenvalue weighted by molar-refractivity contribution is -0.127. The minimum atomic E-state index is -0.531. The molecule has 1 aromatic carbocycles. The van der Waals surface area contributed by atoms with E-state index in [9.17, 15) is 4.79 Å². The Kier molecular flexibility index (Phi) is 6.89. The Hall–Kier alpha value is -1.36. The van der Waals surface area contributed by atoms with Crippen molar-refractivity contribution in [1.82, 2.24) is 5.32 Å². The van der Waals surface area contributed by atoms with Gasteiger partial charge in [-0.15, -0.1) is 0 Å². The first kappa shape index (κ1) is 17.7. The van der Waals surface area contributed by atoms with Gasteiger partial charge in [-0.05, 0) is 19.1 Å². The molecule has 0 radical (unpaired) electrons. The summed E-state index contributed by atoms with van der Waals surface area (Å²) in [6, 6.07) is 7.24. The third-order valence-corrected chi connectivity index (χ3v) is 3.93. The fourth-order valence-corrected chi connectivity index (χ4v) is 2.42. The van der Waals surface area contributed by atoms with Crippen LogP contribution < -0.4 is 14.8 Å². The second-order valence-corrected chi connectivity index (χ2v) is 7.61. The zero-order valence-corrected chi connectivity index (χ0v) is 14.3. The van der Waals surface area contributed by atoms with Crippen molar-refractivity contribution in [3.05, 3.63) is 24.3 Å². The highest BCUT2D eigenvalue weighted by molar-refractivity contribution is 8.00. The third kappa shape index (κ3) is 7.27. The van der Waals surface area contributed by atoms with E-state index in [1.807, 2.05) is 30.0 Å². The van der Waals surface area contributed by atoms with Crippen LogP contribution in [0.4, 0.5) is 0 Å². The van der Waals surface area contributed by atoms with Gasteiger partial charge in [0.15, 0.2) is 6.10 Å². The molecule has 0 aliphatic rings. The molecule has 0 saturated carbocycles. The topological polar surface area (TPSA) is 47.6 Å². The third-order valence-electron chi connectivity index (χ3n) is 2.66. The number of ether oxygens (including phenoxy) is 2. The predicted molar refractivity (Wildman–Crippen MR) is 88.3 cm³/mol. The van der Waals surface area contributed by atoms with Crippen LogP contribution in [0.25, 0.3) is 0 Å². The summed E-state index contributed by atoms with van der Waals surface area (Å²) in [5.74, 6) is 2.12. The average molecular weight is 311 g/mol. The zero-order chi connectivity index (χ0) is 15.9. The molecule has 21 heavy (non-hydrogen) atoms. The van der Waals surface area contributed by atoms with E-state index < -0.39 is 6.10 Å². The number of nitrogens with one attached hydrogen (secondary N) is 1. The maximum Gasteiger partial charge on any atom is 0.260 e. The molecule has 0 fully saturated rings. The van der Waals surface area contributed by atoms with Crippen molar-refractivity contribution in [2.75, 3.05) is 19.4 Å². The van der Waals surface area contributed by atoms with E-state index in [0.29, 0.717) is 18.0 Å². The number of thioether (sulfide) groups is 1. The molecule has 0 heterocycles. The second-order valence-electron chi connectivity index (χ2n) is 5.69. The second kappa shape index (κ2) is 8.17. The highest BCUT2D eigenvalue weighted by Crippen LogP contribution is 2.22. The van der Waals surface area contributed by atoms with Crippen LogP contribution in [0.15, 0.2) is 24.3 Å². The minimum absolute atomic E-state index is 0.104. The fraction of sp³-hybridized carbons (Fsp3) is 0.562. The number of carbonyl (C=O) groups excluding carboxylic acids is 1. The molecule has 0 unspecified atom stereocenters. The molecule has 1 aromatic rings. The van der Waals surface area contributed by atoms with Crippen molar-refractivity contribution in [2.45, 2.75) is 38.5 Å². The molecular weight excluding hydrogens is 286 g/mol. The first-order valence-electron chi connectivity index (χ1n) is 7.04. The summed E-state index contributed by atoms with van der Waals surface area (Å²) in [6.07, 6.45) is -0.531. The van der Waals surface area contributed by atoms with E-state index in [4.69, 9.17) is 9.47 Å². The Bertz CT molecular complexity index is 457. The summed E-state index contributed by atoms with van der Waals surface area (Å²) in [5.41, 5.74) is 0. The molecule has 1 rings (SSSR count). The molecule has 5 heteroatoms. The van der Waals surface area contributed by atoms with Gasteiger partial charge in [0.25, 0.3) is 5.91 Å². The predicted octanol–water partition coefficient (Wildman–Crippen LogP) is 3.11. The lowest BCUT2D eigenvalue weighted by Crippen LogP contribution is -2.37. The number of hydrogen-bond acceptors (Lipinski definition) is 4.